The van der Waals surface area contributed by atoms with E-state index >= 15 is 0 Å². The molecule has 3 aromatic rings. The number of nitrogens with one attached hydrogen (secondary N) is 1. The van der Waals surface area contributed by atoms with Gasteiger partial charge in [0.2, 0.25) is 5.95 Å². The molecule has 140 valence electrons. The first-order valence-electron chi connectivity index (χ1n) is 9.07. The Morgan fingerprint density at radius 3 is 2.43 bits per heavy atom. The van der Waals surface area contributed by atoms with Crippen LogP contribution in [-0.4, -0.2) is 36.1 Å². The van der Waals surface area contributed by atoms with Gasteiger partial charge in [-0.3, -0.25) is 0 Å². The molecule has 0 amide bonds. The van der Waals surface area contributed by atoms with Crippen molar-refractivity contribution in [2.75, 3.05) is 41.3 Å². The van der Waals surface area contributed by atoms with Gasteiger partial charge in [0.25, 0.3) is 0 Å². The summed E-state index contributed by atoms with van der Waals surface area (Å²) in [6.07, 6.45) is 1.76. The highest BCUT2D eigenvalue weighted by Crippen LogP contribution is 2.23. The van der Waals surface area contributed by atoms with E-state index < -0.39 is 0 Å². The highest BCUT2D eigenvalue weighted by molar-refractivity contribution is 6.30. The number of aromatic nitrogens is 2. The van der Waals surface area contributed by atoms with E-state index in [1.165, 1.54) is 0 Å². The van der Waals surface area contributed by atoms with Gasteiger partial charge in [0.1, 0.15) is 5.82 Å². The maximum Gasteiger partial charge on any atom is 0.227 e. The molecule has 0 bridgehead atoms. The minimum atomic E-state index is 0.631. The van der Waals surface area contributed by atoms with Gasteiger partial charge in [-0.1, -0.05) is 17.7 Å². The number of hydrogen-bond acceptors (Lipinski definition) is 6. The topological polar surface area (TPSA) is 68.1 Å². The van der Waals surface area contributed by atoms with E-state index in [0.717, 1.165) is 48.4 Å². The molecular formula is C21H19ClN6. The molecule has 4 rings (SSSR count). The van der Waals surface area contributed by atoms with Crippen LogP contribution in [0.2, 0.25) is 5.02 Å². The van der Waals surface area contributed by atoms with E-state index in [-0.39, 0.29) is 0 Å². The fraction of sp³-hybridized carbons (Fsp3) is 0.190. The predicted octanol–water partition coefficient (Wildman–Crippen LogP) is 4.07. The Morgan fingerprint density at radius 1 is 0.964 bits per heavy atom. The van der Waals surface area contributed by atoms with Gasteiger partial charge in [-0.05, 0) is 48.5 Å². The van der Waals surface area contributed by atoms with Gasteiger partial charge in [0.05, 0.1) is 11.6 Å². The van der Waals surface area contributed by atoms with E-state index in [4.69, 9.17) is 16.9 Å². The lowest BCUT2D eigenvalue weighted by molar-refractivity contribution is 0.640. The lowest BCUT2D eigenvalue weighted by atomic mass is 10.2. The first-order valence-corrected chi connectivity index (χ1v) is 9.45. The second-order valence-electron chi connectivity index (χ2n) is 6.51. The van der Waals surface area contributed by atoms with Crippen LogP contribution in [0, 0.1) is 11.3 Å². The molecule has 0 saturated carbocycles. The summed E-state index contributed by atoms with van der Waals surface area (Å²) in [7, 11) is 0. The minimum absolute atomic E-state index is 0.631. The van der Waals surface area contributed by atoms with Crippen LogP contribution in [0.3, 0.4) is 0 Å². The Labute approximate surface area is 169 Å². The second kappa shape index (κ2) is 8.15. The van der Waals surface area contributed by atoms with E-state index in [9.17, 15) is 0 Å². The van der Waals surface area contributed by atoms with Crippen LogP contribution in [0.1, 0.15) is 5.56 Å². The summed E-state index contributed by atoms with van der Waals surface area (Å²) in [5.41, 5.74) is 2.66. The molecule has 0 spiro atoms. The minimum Gasteiger partial charge on any atom is -0.368 e. The highest BCUT2D eigenvalue weighted by atomic mass is 35.5. The standard InChI is InChI=1S/C21H19ClN6/c22-17-2-1-3-19(14-17)27-10-12-28(13-11-27)21-24-9-8-20(26-21)25-18-6-4-16(15-23)5-7-18/h1-9,14H,10-13H2,(H,24,25,26). The Balaban J connectivity index is 1.41. The number of anilines is 4. The van der Waals surface area contributed by atoms with E-state index in [2.05, 4.69) is 37.2 Å². The molecule has 2 heterocycles. The van der Waals surface area contributed by atoms with Gasteiger partial charge in [-0.2, -0.15) is 10.2 Å². The normalized spacial score (nSPS) is 13.9. The summed E-state index contributed by atoms with van der Waals surface area (Å²) in [6, 6.07) is 19.2. The molecule has 1 N–H and O–H groups in total. The fourth-order valence-corrected chi connectivity index (χ4v) is 3.37. The number of piperazine rings is 1. The Hall–Kier alpha value is -3.30. The number of benzene rings is 2. The Morgan fingerprint density at radius 2 is 1.71 bits per heavy atom. The van der Waals surface area contributed by atoms with Crippen LogP contribution in [0.5, 0.6) is 0 Å². The SMILES string of the molecule is N#Cc1ccc(Nc2ccnc(N3CCN(c4cccc(Cl)c4)CC3)n2)cc1. The summed E-state index contributed by atoms with van der Waals surface area (Å²) in [6.45, 7) is 3.45. The first-order chi connectivity index (χ1) is 13.7. The number of nitrogens with zero attached hydrogens (tertiary/aromatic N) is 5. The molecule has 28 heavy (non-hydrogen) atoms. The largest absolute Gasteiger partial charge is 0.368 e. The van der Waals surface area contributed by atoms with Crippen LogP contribution in [-0.2, 0) is 0 Å². The monoisotopic (exact) mass is 390 g/mol. The smallest absolute Gasteiger partial charge is 0.227 e. The van der Waals surface area contributed by atoms with E-state index in [1.807, 2.05) is 36.4 Å². The van der Waals surface area contributed by atoms with Crippen molar-refractivity contribution in [2.45, 2.75) is 0 Å². The van der Waals surface area contributed by atoms with Gasteiger partial charge < -0.3 is 15.1 Å². The lowest BCUT2D eigenvalue weighted by Crippen LogP contribution is -2.47. The molecule has 1 aliphatic rings. The molecule has 6 nitrogen and oxygen atoms in total. The third-order valence-electron chi connectivity index (χ3n) is 4.67. The summed E-state index contributed by atoms with van der Waals surface area (Å²) >= 11 is 6.11. The zero-order valence-corrected chi connectivity index (χ0v) is 16.0. The van der Waals surface area contributed by atoms with Crippen molar-refractivity contribution in [2.24, 2.45) is 0 Å². The van der Waals surface area contributed by atoms with Crippen molar-refractivity contribution < 1.29 is 0 Å². The van der Waals surface area contributed by atoms with Crippen molar-refractivity contribution >= 4 is 34.7 Å². The van der Waals surface area contributed by atoms with Crippen molar-refractivity contribution in [3.63, 3.8) is 0 Å². The second-order valence-corrected chi connectivity index (χ2v) is 6.95. The molecule has 0 unspecified atom stereocenters. The lowest BCUT2D eigenvalue weighted by Gasteiger charge is -2.36. The van der Waals surface area contributed by atoms with Crippen LogP contribution in [0.15, 0.2) is 60.8 Å². The van der Waals surface area contributed by atoms with Crippen LogP contribution in [0.4, 0.5) is 23.1 Å². The third-order valence-corrected chi connectivity index (χ3v) is 4.90. The molecule has 1 aliphatic heterocycles. The van der Waals surface area contributed by atoms with Gasteiger partial charge in [-0.15, -0.1) is 0 Å². The first kappa shape index (κ1) is 18.1. The molecule has 1 saturated heterocycles. The van der Waals surface area contributed by atoms with Crippen LogP contribution < -0.4 is 15.1 Å². The summed E-state index contributed by atoms with van der Waals surface area (Å²) in [5, 5.41) is 12.9. The van der Waals surface area contributed by atoms with Gasteiger partial charge in [0.15, 0.2) is 0 Å². The molecule has 0 radical (unpaired) electrons. The average Bonchev–Trinajstić information content (AvgIpc) is 2.75. The molecule has 0 atom stereocenters. The maximum atomic E-state index is 8.90. The van der Waals surface area contributed by atoms with E-state index in [0.29, 0.717) is 11.5 Å². The van der Waals surface area contributed by atoms with Crippen molar-refractivity contribution in [1.82, 2.24) is 9.97 Å². The van der Waals surface area contributed by atoms with Gasteiger partial charge in [0, 0.05) is 48.8 Å². The predicted molar refractivity (Wildman–Crippen MR) is 112 cm³/mol. The van der Waals surface area contributed by atoms with Crippen molar-refractivity contribution in [1.29, 1.82) is 5.26 Å². The van der Waals surface area contributed by atoms with Gasteiger partial charge >= 0.3 is 0 Å². The molecular weight excluding hydrogens is 372 g/mol. The number of nitriles is 1. The zero-order valence-electron chi connectivity index (χ0n) is 15.2. The van der Waals surface area contributed by atoms with Crippen LogP contribution in [0.25, 0.3) is 0 Å². The quantitative estimate of drug-likeness (QED) is 0.724. The molecule has 2 aromatic carbocycles. The zero-order chi connectivity index (χ0) is 19.3. The Bertz CT molecular complexity index is 990. The van der Waals surface area contributed by atoms with Crippen molar-refractivity contribution in [3.8, 4) is 6.07 Å². The molecule has 7 heteroatoms. The van der Waals surface area contributed by atoms with Crippen LogP contribution >= 0.6 is 11.6 Å². The molecule has 1 fully saturated rings. The summed E-state index contributed by atoms with van der Waals surface area (Å²) < 4.78 is 0. The fourth-order valence-electron chi connectivity index (χ4n) is 3.18. The number of hydrogen-bond donors (Lipinski definition) is 1. The third kappa shape index (κ3) is 4.16. The van der Waals surface area contributed by atoms with Gasteiger partial charge in [-0.25, -0.2) is 4.98 Å². The average molecular weight is 391 g/mol. The summed E-state index contributed by atoms with van der Waals surface area (Å²) in [4.78, 5) is 13.6. The highest BCUT2D eigenvalue weighted by Gasteiger charge is 2.19. The number of halogens is 1. The van der Waals surface area contributed by atoms with E-state index in [1.54, 1.807) is 18.3 Å². The number of rotatable bonds is 4. The molecule has 1 aromatic heterocycles. The Kier molecular flexibility index (Phi) is 5.27. The van der Waals surface area contributed by atoms with Crippen molar-refractivity contribution in [3.05, 3.63) is 71.4 Å². The summed E-state index contributed by atoms with van der Waals surface area (Å²) in [5.74, 6) is 1.44. The molecule has 0 aliphatic carbocycles. The maximum absolute atomic E-state index is 8.90.